The molecule has 4 unspecified atom stereocenters. The zero-order valence-corrected chi connectivity index (χ0v) is 12.8. The predicted molar refractivity (Wildman–Crippen MR) is 78.7 cm³/mol. The first kappa shape index (κ1) is 14.8. The normalized spacial score (nSPS) is 40.2. The van der Waals surface area contributed by atoms with E-state index in [9.17, 15) is 5.26 Å². The Morgan fingerprint density at radius 3 is 2.58 bits per heavy atom. The van der Waals surface area contributed by atoms with Crippen molar-refractivity contribution >= 4 is 0 Å². The van der Waals surface area contributed by atoms with Crippen molar-refractivity contribution < 1.29 is 0 Å². The van der Waals surface area contributed by atoms with E-state index >= 15 is 0 Å². The number of likely N-dealkylation sites (tertiary alicyclic amines) is 1. The summed E-state index contributed by atoms with van der Waals surface area (Å²) in [4.78, 5) is 2.62. The zero-order chi connectivity index (χ0) is 13.9. The molecule has 1 saturated heterocycles. The molecule has 4 atom stereocenters. The van der Waals surface area contributed by atoms with Crippen LogP contribution in [0.2, 0.25) is 0 Å². The minimum absolute atomic E-state index is 0.243. The zero-order valence-electron chi connectivity index (χ0n) is 12.8. The lowest BCUT2D eigenvalue weighted by molar-refractivity contribution is 0.128. The van der Waals surface area contributed by atoms with E-state index < -0.39 is 0 Å². The first-order chi connectivity index (χ1) is 9.09. The highest BCUT2D eigenvalue weighted by Gasteiger charge is 2.41. The van der Waals surface area contributed by atoms with Crippen molar-refractivity contribution in [1.82, 2.24) is 10.2 Å². The number of piperidine rings is 1. The molecule has 0 spiro atoms. The van der Waals surface area contributed by atoms with E-state index in [1.54, 1.807) is 0 Å². The van der Waals surface area contributed by atoms with Crippen LogP contribution >= 0.6 is 0 Å². The Labute approximate surface area is 118 Å². The van der Waals surface area contributed by atoms with E-state index in [4.69, 9.17) is 0 Å². The molecule has 2 fully saturated rings. The highest BCUT2D eigenvalue weighted by Crippen LogP contribution is 2.37. The summed E-state index contributed by atoms with van der Waals surface area (Å²) in [5.74, 6) is 2.20. The second-order valence-electron chi connectivity index (χ2n) is 6.92. The third-order valence-electron chi connectivity index (χ3n) is 5.20. The second kappa shape index (κ2) is 6.24. The minimum atomic E-state index is -0.243. The van der Waals surface area contributed by atoms with Gasteiger partial charge in [0.2, 0.25) is 0 Å². The van der Waals surface area contributed by atoms with Crippen molar-refractivity contribution in [1.29, 1.82) is 5.26 Å². The molecule has 1 N–H and O–H groups in total. The van der Waals surface area contributed by atoms with Gasteiger partial charge in [0.1, 0.15) is 5.54 Å². The number of rotatable bonds is 4. The second-order valence-corrected chi connectivity index (χ2v) is 6.92. The number of nitrogens with one attached hydrogen (secondary N) is 1. The average molecular weight is 263 g/mol. The molecule has 0 amide bonds. The Hall–Kier alpha value is -0.590. The molecule has 0 bridgehead atoms. The van der Waals surface area contributed by atoms with Crippen LogP contribution in [0.3, 0.4) is 0 Å². The maximum atomic E-state index is 9.48. The van der Waals surface area contributed by atoms with Gasteiger partial charge >= 0.3 is 0 Å². The van der Waals surface area contributed by atoms with E-state index in [2.05, 4.69) is 30.1 Å². The third-order valence-corrected chi connectivity index (χ3v) is 5.20. The monoisotopic (exact) mass is 263 g/mol. The molecule has 19 heavy (non-hydrogen) atoms. The molecule has 1 saturated carbocycles. The van der Waals surface area contributed by atoms with Crippen molar-refractivity contribution in [3.05, 3.63) is 0 Å². The van der Waals surface area contributed by atoms with E-state index in [-0.39, 0.29) is 5.54 Å². The lowest BCUT2D eigenvalue weighted by Gasteiger charge is -2.36. The van der Waals surface area contributed by atoms with Gasteiger partial charge in [-0.2, -0.15) is 5.26 Å². The summed E-state index contributed by atoms with van der Waals surface area (Å²) < 4.78 is 0. The fraction of sp³-hybridized carbons (Fsp3) is 0.938. The molecule has 3 nitrogen and oxygen atoms in total. The topological polar surface area (TPSA) is 39.1 Å². The molecular formula is C16H29N3. The van der Waals surface area contributed by atoms with Gasteiger partial charge in [-0.05, 0) is 57.0 Å². The van der Waals surface area contributed by atoms with Gasteiger partial charge in [0, 0.05) is 13.1 Å². The van der Waals surface area contributed by atoms with E-state index in [0.29, 0.717) is 5.92 Å². The molecule has 1 aliphatic carbocycles. The van der Waals surface area contributed by atoms with Crippen LogP contribution in [0.1, 0.15) is 46.0 Å². The van der Waals surface area contributed by atoms with Crippen molar-refractivity contribution in [3.63, 3.8) is 0 Å². The van der Waals surface area contributed by atoms with Crippen molar-refractivity contribution in [2.24, 2.45) is 17.8 Å². The fourth-order valence-electron chi connectivity index (χ4n) is 4.31. The molecule has 2 rings (SSSR count). The van der Waals surface area contributed by atoms with Crippen LogP contribution < -0.4 is 5.32 Å². The molecule has 0 radical (unpaired) electrons. The number of nitrogens with zero attached hydrogens (tertiary/aromatic N) is 2. The average Bonchev–Trinajstić information content (AvgIpc) is 2.78. The van der Waals surface area contributed by atoms with Crippen LogP contribution in [0.4, 0.5) is 0 Å². The fourth-order valence-corrected chi connectivity index (χ4v) is 4.31. The van der Waals surface area contributed by atoms with Gasteiger partial charge in [0.05, 0.1) is 6.07 Å². The van der Waals surface area contributed by atoms with Crippen molar-refractivity contribution in [3.8, 4) is 6.07 Å². The van der Waals surface area contributed by atoms with Crippen LogP contribution in [0.15, 0.2) is 0 Å². The van der Waals surface area contributed by atoms with Crippen molar-refractivity contribution in [2.45, 2.75) is 51.5 Å². The highest BCUT2D eigenvalue weighted by atomic mass is 15.1. The Morgan fingerprint density at radius 1 is 1.32 bits per heavy atom. The smallest absolute Gasteiger partial charge is 0.109 e. The first-order valence-corrected chi connectivity index (χ1v) is 7.92. The molecule has 108 valence electrons. The maximum Gasteiger partial charge on any atom is 0.109 e. The molecule has 2 aliphatic rings. The molecule has 0 aromatic carbocycles. The van der Waals surface area contributed by atoms with Crippen LogP contribution in [0.25, 0.3) is 0 Å². The Balaban J connectivity index is 1.86. The summed E-state index contributed by atoms with van der Waals surface area (Å²) in [6.07, 6.45) is 5.99. The summed E-state index contributed by atoms with van der Waals surface area (Å²) >= 11 is 0. The largest absolute Gasteiger partial charge is 0.303 e. The summed E-state index contributed by atoms with van der Waals surface area (Å²) in [7, 11) is 1.95. The van der Waals surface area contributed by atoms with Gasteiger partial charge in [-0.15, -0.1) is 0 Å². The van der Waals surface area contributed by atoms with Gasteiger partial charge in [0.25, 0.3) is 0 Å². The Bertz CT molecular complexity index is 325. The van der Waals surface area contributed by atoms with Crippen molar-refractivity contribution in [2.75, 3.05) is 26.7 Å². The number of hydrogen-bond acceptors (Lipinski definition) is 3. The maximum absolute atomic E-state index is 9.48. The molecular weight excluding hydrogens is 234 g/mol. The lowest BCUT2D eigenvalue weighted by Crippen LogP contribution is -2.46. The van der Waals surface area contributed by atoms with Gasteiger partial charge in [-0.3, -0.25) is 0 Å². The van der Waals surface area contributed by atoms with Crippen LogP contribution in [-0.2, 0) is 0 Å². The molecule has 0 aromatic heterocycles. The lowest BCUT2D eigenvalue weighted by atomic mass is 9.85. The quantitative estimate of drug-likeness (QED) is 0.847. The number of nitriles is 1. The van der Waals surface area contributed by atoms with Gasteiger partial charge in [0.15, 0.2) is 0 Å². The third kappa shape index (κ3) is 3.30. The summed E-state index contributed by atoms with van der Waals surface area (Å²) in [6, 6.07) is 2.55. The van der Waals surface area contributed by atoms with Crippen LogP contribution in [0, 0.1) is 29.1 Å². The minimum Gasteiger partial charge on any atom is -0.303 e. The van der Waals surface area contributed by atoms with Gasteiger partial charge < -0.3 is 10.2 Å². The first-order valence-electron chi connectivity index (χ1n) is 7.92. The molecule has 1 heterocycles. The molecule has 1 aliphatic heterocycles. The number of hydrogen-bond donors (Lipinski definition) is 1. The van der Waals surface area contributed by atoms with Crippen LogP contribution in [-0.4, -0.2) is 37.1 Å². The SMILES string of the molecule is CNC1(C#N)CCCC1CCN1CC(C)CC(C)C1. The Morgan fingerprint density at radius 2 is 2.00 bits per heavy atom. The van der Waals surface area contributed by atoms with E-state index in [1.165, 1.54) is 45.3 Å². The Kier molecular flexibility index (Phi) is 4.86. The van der Waals surface area contributed by atoms with Crippen LogP contribution in [0.5, 0.6) is 0 Å². The summed E-state index contributed by atoms with van der Waals surface area (Å²) in [6.45, 7) is 8.40. The molecule has 0 aromatic rings. The van der Waals surface area contributed by atoms with Gasteiger partial charge in [-0.25, -0.2) is 0 Å². The summed E-state index contributed by atoms with van der Waals surface area (Å²) in [5.41, 5.74) is -0.243. The standard InChI is InChI=1S/C16H29N3/c1-13-9-14(2)11-19(10-13)8-6-15-5-4-7-16(15,12-17)18-3/h13-15,18H,4-11H2,1-3H3. The predicted octanol–water partition coefficient (Wildman–Crippen LogP) is 2.64. The van der Waals surface area contributed by atoms with E-state index in [1.807, 2.05) is 7.05 Å². The van der Waals surface area contributed by atoms with E-state index in [0.717, 1.165) is 18.3 Å². The summed E-state index contributed by atoms with van der Waals surface area (Å²) in [5, 5.41) is 12.8. The van der Waals surface area contributed by atoms with Gasteiger partial charge in [-0.1, -0.05) is 20.3 Å². The highest BCUT2D eigenvalue weighted by molar-refractivity contribution is 5.13. The molecule has 3 heteroatoms.